The Morgan fingerprint density at radius 1 is 1.31 bits per heavy atom. The van der Waals surface area contributed by atoms with Crippen LogP contribution in [0.3, 0.4) is 0 Å². The number of benzene rings is 1. The fraction of sp³-hybridized carbons (Fsp3) is 0.462. The maximum atomic E-state index is 11.2. The molecular weight excluding hydrogens is 204 g/mol. The number of carbonyl (C=O) groups is 1. The summed E-state index contributed by atoms with van der Waals surface area (Å²) in [5, 5.41) is 0. The molecule has 0 unspecified atom stereocenters. The lowest BCUT2D eigenvalue weighted by Gasteiger charge is -2.37. The quantitative estimate of drug-likeness (QED) is 0.729. The molecule has 0 spiro atoms. The Bertz CT molecular complexity index is 359. The molecule has 0 saturated carbocycles. The molecule has 1 aliphatic heterocycles. The standard InChI is InChI=1S/C13H16O3/c1-9(2)11-12(13(14)16-11)15-8-10-6-4-3-5-7-10/h3-7,9,11-12H,8H2,1-2H3/t11-,12-/m1/s1. The number of rotatable bonds is 4. The van der Waals surface area contributed by atoms with Crippen LogP contribution in [0.15, 0.2) is 30.3 Å². The third-order valence-electron chi connectivity index (χ3n) is 2.71. The van der Waals surface area contributed by atoms with Crippen LogP contribution in [-0.2, 0) is 20.9 Å². The molecule has 0 aromatic heterocycles. The molecule has 0 bridgehead atoms. The van der Waals surface area contributed by atoms with Gasteiger partial charge in [-0.1, -0.05) is 44.2 Å². The number of esters is 1. The summed E-state index contributed by atoms with van der Waals surface area (Å²) in [4.78, 5) is 11.2. The summed E-state index contributed by atoms with van der Waals surface area (Å²) in [6, 6.07) is 9.83. The van der Waals surface area contributed by atoms with Crippen LogP contribution in [-0.4, -0.2) is 18.2 Å². The first-order valence-electron chi connectivity index (χ1n) is 5.54. The second-order valence-corrected chi connectivity index (χ2v) is 4.36. The molecule has 0 aliphatic carbocycles. The van der Waals surface area contributed by atoms with E-state index in [1.165, 1.54) is 0 Å². The average Bonchev–Trinajstić information content (AvgIpc) is 2.27. The zero-order chi connectivity index (χ0) is 11.5. The molecule has 0 amide bonds. The van der Waals surface area contributed by atoms with Crippen molar-refractivity contribution >= 4 is 5.97 Å². The van der Waals surface area contributed by atoms with Crippen LogP contribution in [0.5, 0.6) is 0 Å². The van der Waals surface area contributed by atoms with Crippen molar-refractivity contribution in [3.05, 3.63) is 35.9 Å². The number of cyclic esters (lactones) is 1. The Morgan fingerprint density at radius 2 is 2.00 bits per heavy atom. The Labute approximate surface area is 95.4 Å². The van der Waals surface area contributed by atoms with Gasteiger partial charge in [0.15, 0.2) is 6.10 Å². The fourth-order valence-electron chi connectivity index (χ4n) is 1.73. The van der Waals surface area contributed by atoms with E-state index in [2.05, 4.69) is 0 Å². The molecule has 1 aliphatic rings. The van der Waals surface area contributed by atoms with E-state index in [4.69, 9.17) is 9.47 Å². The molecule has 16 heavy (non-hydrogen) atoms. The first-order valence-corrected chi connectivity index (χ1v) is 5.54. The Balaban J connectivity index is 1.88. The van der Waals surface area contributed by atoms with Crippen LogP contribution >= 0.6 is 0 Å². The SMILES string of the molecule is CC(C)[C@H]1OC(=O)[C@@H]1OCc1ccccc1. The van der Waals surface area contributed by atoms with Crippen molar-refractivity contribution in [2.75, 3.05) is 0 Å². The van der Waals surface area contributed by atoms with E-state index < -0.39 is 0 Å². The third-order valence-corrected chi connectivity index (χ3v) is 2.71. The summed E-state index contributed by atoms with van der Waals surface area (Å²) in [5.41, 5.74) is 1.07. The monoisotopic (exact) mass is 220 g/mol. The zero-order valence-electron chi connectivity index (χ0n) is 9.55. The lowest BCUT2D eigenvalue weighted by atomic mass is 9.97. The minimum Gasteiger partial charge on any atom is -0.457 e. The number of hydrogen-bond donors (Lipinski definition) is 0. The van der Waals surface area contributed by atoms with Gasteiger partial charge in [-0.3, -0.25) is 0 Å². The van der Waals surface area contributed by atoms with Crippen molar-refractivity contribution in [1.29, 1.82) is 0 Å². The Morgan fingerprint density at radius 3 is 2.56 bits per heavy atom. The van der Waals surface area contributed by atoms with E-state index in [-0.39, 0.29) is 18.2 Å². The third kappa shape index (κ3) is 2.25. The van der Waals surface area contributed by atoms with Crippen molar-refractivity contribution in [2.45, 2.75) is 32.7 Å². The highest BCUT2D eigenvalue weighted by Gasteiger charge is 2.45. The second-order valence-electron chi connectivity index (χ2n) is 4.36. The molecule has 1 saturated heterocycles. The molecular formula is C13H16O3. The largest absolute Gasteiger partial charge is 0.457 e. The summed E-state index contributed by atoms with van der Waals surface area (Å²) >= 11 is 0. The summed E-state index contributed by atoms with van der Waals surface area (Å²) in [6.45, 7) is 4.51. The summed E-state index contributed by atoms with van der Waals surface area (Å²) in [5.74, 6) is 0.0631. The van der Waals surface area contributed by atoms with Gasteiger partial charge >= 0.3 is 5.97 Å². The van der Waals surface area contributed by atoms with Crippen LogP contribution in [0.1, 0.15) is 19.4 Å². The molecule has 2 rings (SSSR count). The summed E-state index contributed by atoms with van der Waals surface area (Å²) < 4.78 is 10.6. The van der Waals surface area contributed by atoms with Gasteiger partial charge in [0.2, 0.25) is 0 Å². The van der Waals surface area contributed by atoms with Gasteiger partial charge in [0.05, 0.1) is 6.61 Å². The minimum atomic E-state index is -0.389. The Kier molecular flexibility index (Phi) is 3.25. The van der Waals surface area contributed by atoms with Crippen molar-refractivity contribution in [2.24, 2.45) is 5.92 Å². The zero-order valence-corrected chi connectivity index (χ0v) is 9.55. The lowest BCUT2D eigenvalue weighted by molar-refractivity contribution is -0.214. The van der Waals surface area contributed by atoms with Gasteiger partial charge in [0.25, 0.3) is 0 Å². The second kappa shape index (κ2) is 4.66. The van der Waals surface area contributed by atoms with Gasteiger partial charge in [-0.2, -0.15) is 0 Å². The fourth-order valence-corrected chi connectivity index (χ4v) is 1.73. The average molecular weight is 220 g/mol. The van der Waals surface area contributed by atoms with E-state index in [9.17, 15) is 4.79 Å². The molecule has 86 valence electrons. The van der Waals surface area contributed by atoms with Crippen molar-refractivity contribution in [1.82, 2.24) is 0 Å². The topological polar surface area (TPSA) is 35.5 Å². The van der Waals surface area contributed by atoms with E-state index in [0.717, 1.165) is 5.56 Å². The Hall–Kier alpha value is -1.35. The molecule has 0 radical (unpaired) electrons. The number of hydrogen-bond acceptors (Lipinski definition) is 3. The highest BCUT2D eigenvalue weighted by Crippen LogP contribution is 2.25. The normalized spacial score (nSPS) is 24.1. The minimum absolute atomic E-state index is 0.0868. The number of carbonyl (C=O) groups excluding carboxylic acids is 1. The van der Waals surface area contributed by atoms with Crippen molar-refractivity contribution < 1.29 is 14.3 Å². The van der Waals surface area contributed by atoms with Gasteiger partial charge in [0.1, 0.15) is 6.10 Å². The number of ether oxygens (including phenoxy) is 2. The highest BCUT2D eigenvalue weighted by molar-refractivity contribution is 5.81. The maximum Gasteiger partial charge on any atom is 0.339 e. The van der Waals surface area contributed by atoms with Crippen LogP contribution in [0.25, 0.3) is 0 Å². The van der Waals surface area contributed by atoms with Gasteiger partial charge in [-0.25, -0.2) is 4.79 Å². The molecule has 3 heteroatoms. The summed E-state index contributed by atoms with van der Waals surface area (Å²) in [7, 11) is 0. The molecule has 2 atom stereocenters. The predicted octanol–water partition coefficient (Wildman–Crippen LogP) is 2.15. The van der Waals surface area contributed by atoms with Gasteiger partial charge in [0, 0.05) is 0 Å². The van der Waals surface area contributed by atoms with Gasteiger partial charge in [-0.05, 0) is 11.5 Å². The molecule has 0 N–H and O–H groups in total. The first kappa shape index (κ1) is 11.1. The van der Waals surface area contributed by atoms with Crippen LogP contribution in [0.2, 0.25) is 0 Å². The van der Waals surface area contributed by atoms with Crippen molar-refractivity contribution in [3.8, 4) is 0 Å². The predicted molar refractivity (Wildman–Crippen MR) is 59.7 cm³/mol. The first-order chi connectivity index (χ1) is 7.68. The van der Waals surface area contributed by atoms with E-state index in [0.29, 0.717) is 12.5 Å². The maximum absolute atomic E-state index is 11.2. The smallest absolute Gasteiger partial charge is 0.339 e. The molecule has 1 heterocycles. The molecule has 1 fully saturated rings. The van der Waals surface area contributed by atoms with E-state index in [1.54, 1.807) is 0 Å². The van der Waals surface area contributed by atoms with Gasteiger partial charge < -0.3 is 9.47 Å². The van der Waals surface area contributed by atoms with Crippen LogP contribution in [0, 0.1) is 5.92 Å². The van der Waals surface area contributed by atoms with E-state index in [1.807, 2.05) is 44.2 Å². The van der Waals surface area contributed by atoms with Crippen molar-refractivity contribution in [3.63, 3.8) is 0 Å². The summed E-state index contributed by atoms with van der Waals surface area (Å²) in [6.07, 6.45) is -0.476. The molecule has 3 nitrogen and oxygen atoms in total. The van der Waals surface area contributed by atoms with Gasteiger partial charge in [-0.15, -0.1) is 0 Å². The molecule has 1 aromatic carbocycles. The van der Waals surface area contributed by atoms with Crippen LogP contribution in [0.4, 0.5) is 0 Å². The molecule has 1 aromatic rings. The lowest BCUT2D eigenvalue weighted by Crippen LogP contribution is -2.54. The van der Waals surface area contributed by atoms with Crippen LogP contribution < -0.4 is 0 Å². The van der Waals surface area contributed by atoms with E-state index >= 15 is 0 Å². The highest BCUT2D eigenvalue weighted by atomic mass is 16.6.